The van der Waals surface area contributed by atoms with Crippen LogP contribution in [0, 0.1) is 0 Å². The van der Waals surface area contributed by atoms with Crippen LogP contribution in [-0.2, 0) is 4.74 Å². The zero-order valence-electron chi connectivity index (χ0n) is 6.37. The Hall–Kier alpha value is -1.02. The molecule has 0 bridgehead atoms. The Balaban J connectivity index is 0.000000236. The van der Waals surface area contributed by atoms with Crippen LogP contribution in [-0.4, -0.2) is 14.2 Å². The van der Waals surface area contributed by atoms with Crippen LogP contribution in [0.3, 0.4) is 0 Å². The molecule has 0 amide bonds. The Morgan fingerprint density at radius 2 is 1.50 bits per heavy atom. The molecule has 0 aliphatic carbocycles. The third-order valence-electron chi connectivity index (χ3n) is 0.800. The summed E-state index contributed by atoms with van der Waals surface area (Å²) in [4.78, 5) is 0. The highest BCUT2D eigenvalue weighted by Gasteiger charge is 1.72. The molecule has 0 aromatic heterocycles. The van der Waals surface area contributed by atoms with E-state index in [0.29, 0.717) is 0 Å². The number of methoxy groups -OCH3 is 1. The van der Waals surface area contributed by atoms with E-state index in [-0.39, 0.29) is 0 Å². The molecule has 0 radical (unpaired) electrons. The number of para-hydroxylation sites is 1. The summed E-state index contributed by atoms with van der Waals surface area (Å²) in [7, 11) is 3.25. The quantitative estimate of drug-likeness (QED) is 0.553. The Morgan fingerprint density at radius 1 is 1.10 bits per heavy atom. The lowest BCUT2D eigenvalue weighted by atomic mass is 10.3. The molecule has 2 nitrogen and oxygen atoms in total. The normalized spacial score (nSPS) is 7.80. The standard InChI is InChI=1S/C6H7N.C2H6O/c7-6-4-2-1-3-5-6;1-3-2/h1-5H,7H2;1-2H3. The van der Waals surface area contributed by atoms with E-state index in [1.165, 1.54) is 0 Å². The average Bonchev–Trinajstić information content (AvgIpc) is 1.91. The van der Waals surface area contributed by atoms with Gasteiger partial charge < -0.3 is 10.5 Å². The zero-order chi connectivity index (χ0) is 7.82. The summed E-state index contributed by atoms with van der Waals surface area (Å²) >= 11 is 0. The van der Waals surface area contributed by atoms with Crippen molar-refractivity contribution in [1.29, 1.82) is 0 Å². The summed E-state index contributed by atoms with van der Waals surface area (Å²) in [6.07, 6.45) is 0. The lowest BCUT2D eigenvalue weighted by Crippen LogP contribution is -1.79. The fraction of sp³-hybridized carbons (Fsp3) is 0.250. The van der Waals surface area contributed by atoms with Crippen molar-refractivity contribution in [1.82, 2.24) is 0 Å². The topological polar surface area (TPSA) is 35.2 Å². The SMILES string of the molecule is COC.Nc1ccccc1. The van der Waals surface area contributed by atoms with Gasteiger partial charge in [0.25, 0.3) is 0 Å². The molecule has 1 aromatic rings. The number of benzene rings is 1. The van der Waals surface area contributed by atoms with Crippen LogP contribution in [0.5, 0.6) is 0 Å². The largest absolute Gasteiger partial charge is 0.399 e. The van der Waals surface area contributed by atoms with Crippen LogP contribution in [0.2, 0.25) is 0 Å². The van der Waals surface area contributed by atoms with E-state index in [1.807, 2.05) is 30.3 Å². The first-order valence-electron chi connectivity index (χ1n) is 3.02. The van der Waals surface area contributed by atoms with Crippen LogP contribution in [0.4, 0.5) is 5.69 Å². The van der Waals surface area contributed by atoms with Gasteiger partial charge in [0.1, 0.15) is 0 Å². The van der Waals surface area contributed by atoms with Crippen LogP contribution in [0.15, 0.2) is 30.3 Å². The number of nitrogens with two attached hydrogens (primary N) is 1. The molecule has 0 fully saturated rings. The molecule has 1 rings (SSSR count). The van der Waals surface area contributed by atoms with Crippen LogP contribution in [0.25, 0.3) is 0 Å². The van der Waals surface area contributed by atoms with E-state index < -0.39 is 0 Å². The maximum absolute atomic E-state index is 5.36. The minimum Gasteiger partial charge on any atom is -0.399 e. The van der Waals surface area contributed by atoms with Crippen LogP contribution < -0.4 is 5.73 Å². The summed E-state index contributed by atoms with van der Waals surface area (Å²) in [6.45, 7) is 0. The van der Waals surface area contributed by atoms with Gasteiger partial charge in [-0.1, -0.05) is 18.2 Å². The van der Waals surface area contributed by atoms with Gasteiger partial charge in [-0.05, 0) is 12.1 Å². The maximum atomic E-state index is 5.36. The van der Waals surface area contributed by atoms with Crippen molar-refractivity contribution in [3.63, 3.8) is 0 Å². The lowest BCUT2D eigenvalue weighted by molar-refractivity contribution is 0.277. The number of hydrogen-bond acceptors (Lipinski definition) is 2. The molecule has 0 aliphatic rings. The van der Waals surface area contributed by atoms with Crippen molar-refractivity contribution < 1.29 is 4.74 Å². The molecule has 2 heteroatoms. The minimum atomic E-state index is 0.822. The molecule has 2 N–H and O–H groups in total. The third-order valence-corrected chi connectivity index (χ3v) is 0.800. The Bertz CT molecular complexity index is 151. The molecule has 0 saturated heterocycles. The molecule has 0 atom stereocenters. The summed E-state index contributed by atoms with van der Waals surface area (Å²) in [5, 5.41) is 0. The number of rotatable bonds is 0. The van der Waals surface area contributed by atoms with E-state index in [9.17, 15) is 0 Å². The number of anilines is 1. The molecule has 0 spiro atoms. The molecule has 10 heavy (non-hydrogen) atoms. The Labute approximate surface area is 61.6 Å². The first-order valence-corrected chi connectivity index (χ1v) is 3.02. The van der Waals surface area contributed by atoms with Gasteiger partial charge in [0.05, 0.1) is 0 Å². The van der Waals surface area contributed by atoms with Gasteiger partial charge in [0.15, 0.2) is 0 Å². The fourth-order valence-corrected chi connectivity index (χ4v) is 0.453. The van der Waals surface area contributed by atoms with E-state index in [2.05, 4.69) is 4.74 Å². The Morgan fingerprint density at radius 3 is 1.70 bits per heavy atom. The van der Waals surface area contributed by atoms with Gasteiger partial charge in [0, 0.05) is 19.9 Å². The maximum Gasteiger partial charge on any atom is 0.0351 e. The van der Waals surface area contributed by atoms with Gasteiger partial charge in [-0.25, -0.2) is 0 Å². The second-order valence-electron chi connectivity index (χ2n) is 1.82. The number of nitrogen functional groups attached to an aromatic ring is 1. The van der Waals surface area contributed by atoms with Crippen LogP contribution >= 0.6 is 0 Å². The minimum absolute atomic E-state index is 0.822. The van der Waals surface area contributed by atoms with Gasteiger partial charge in [-0.2, -0.15) is 0 Å². The van der Waals surface area contributed by atoms with Crippen molar-refractivity contribution in [3.05, 3.63) is 30.3 Å². The van der Waals surface area contributed by atoms with Gasteiger partial charge in [0.2, 0.25) is 0 Å². The first kappa shape index (κ1) is 8.98. The molecule has 0 saturated carbocycles. The molecule has 0 aliphatic heterocycles. The van der Waals surface area contributed by atoms with Crippen molar-refractivity contribution in [2.75, 3.05) is 20.0 Å². The zero-order valence-corrected chi connectivity index (χ0v) is 6.37. The summed E-state index contributed by atoms with van der Waals surface area (Å²) in [5.41, 5.74) is 6.18. The smallest absolute Gasteiger partial charge is 0.0351 e. The van der Waals surface area contributed by atoms with E-state index >= 15 is 0 Å². The van der Waals surface area contributed by atoms with Crippen molar-refractivity contribution in [2.24, 2.45) is 0 Å². The van der Waals surface area contributed by atoms with E-state index in [0.717, 1.165) is 5.69 Å². The molecule has 1 aromatic carbocycles. The van der Waals surface area contributed by atoms with Crippen molar-refractivity contribution in [2.45, 2.75) is 0 Å². The van der Waals surface area contributed by atoms with Gasteiger partial charge in [-0.15, -0.1) is 0 Å². The van der Waals surface area contributed by atoms with E-state index in [1.54, 1.807) is 14.2 Å². The highest BCUT2D eigenvalue weighted by molar-refractivity contribution is 5.35. The monoisotopic (exact) mass is 139 g/mol. The predicted molar refractivity (Wildman–Crippen MR) is 43.8 cm³/mol. The van der Waals surface area contributed by atoms with Gasteiger partial charge >= 0.3 is 0 Å². The summed E-state index contributed by atoms with van der Waals surface area (Å²) in [5.74, 6) is 0. The molecule has 0 heterocycles. The number of ether oxygens (including phenoxy) is 1. The van der Waals surface area contributed by atoms with E-state index in [4.69, 9.17) is 5.73 Å². The highest BCUT2D eigenvalue weighted by Crippen LogP contribution is 1.95. The number of hydrogen-bond donors (Lipinski definition) is 1. The summed E-state index contributed by atoms with van der Waals surface area (Å²) < 4.78 is 4.25. The molecular weight excluding hydrogens is 126 g/mol. The second kappa shape index (κ2) is 6.11. The third kappa shape index (κ3) is 5.12. The average molecular weight is 139 g/mol. The van der Waals surface area contributed by atoms with Gasteiger partial charge in [-0.3, -0.25) is 0 Å². The molecule has 56 valence electrons. The second-order valence-corrected chi connectivity index (χ2v) is 1.82. The van der Waals surface area contributed by atoms with Crippen LogP contribution in [0.1, 0.15) is 0 Å². The predicted octanol–water partition coefficient (Wildman–Crippen LogP) is 1.53. The van der Waals surface area contributed by atoms with Crippen molar-refractivity contribution in [3.8, 4) is 0 Å². The lowest BCUT2D eigenvalue weighted by Gasteiger charge is -1.83. The summed E-state index contributed by atoms with van der Waals surface area (Å²) in [6, 6.07) is 9.49. The molecular formula is C8H13NO. The fourth-order valence-electron chi connectivity index (χ4n) is 0.453. The highest BCUT2D eigenvalue weighted by atomic mass is 16.4. The molecule has 0 unspecified atom stereocenters. The first-order chi connectivity index (χ1) is 4.81. The Kier molecular flexibility index (Phi) is 5.48. The van der Waals surface area contributed by atoms with Crippen molar-refractivity contribution >= 4 is 5.69 Å².